The molecule has 2 aromatic carbocycles. The maximum atomic E-state index is 12.9. The lowest BCUT2D eigenvalue weighted by molar-refractivity contribution is -0.384. The Kier molecular flexibility index (Phi) is 7.86. The number of nitro groups is 1. The smallest absolute Gasteiger partial charge is 0.378 e. The summed E-state index contributed by atoms with van der Waals surface area (Å²) in [4.78, 5) is 22.1. The molecular formula is C19H17ClF3N3O5S. The first-order valence-electron chi connectivity index (χ1n) is 8.84. The van der Waals surface area contributed by atoms with Gasteiger partial charge in [-0.2, -0.15) is 13.2 Å². The van der Waals surface area contributed by atoms with Crippen molar-refractivity contribution in [2.75, 3.05) is 24.7 Å². The standard InChI is InChI=1S/C19H17ClF3N3O5S/c1-32(30,31)13-4-6-16(17(11-13)26(28)29)24-8-9-25-18(27)7-3-12-2-5-15(20)14(10-12)19(21,22)23/h2-7,10-11,24H,8-9H2,1H3,(H,25,27)/b7-3+. The van der Waals surface area contributed by atoms with Crippen LogP contribution in [0.2, 0.25) is 5.02 Å². The highest BCUT2D eigenvalue weighted by molar-refractivity contribution is 7.90. The number of rotatable bonds is 8. The summed E-state index contributed by atoms with van der Waals surface area (Å²) in [5.74, 6) is -0.600. The van der Waals surface area contributed by atoms with Crippen molar-refractivity contribution in [3.05, 3.63) is 68.7 Å². The van der Waals surface area contributed by atoms with Gasteiger partial charge in [0, 0.05) is 31.5 Å². The molecule has 0 saturated heterocycles. The van der Waals surface area contributed by atoms with Crippen LogP contribution in [0, 0.1) is 10.1 Å². The van der Waals surface area contributed by atoms with Gasteiger partial charge in [-0.05, 0) is 35.9 Å². The summed E-state index contributed by atoms with van der Waals surface area (Å²) < 4.78 is 61.7. The number of nitro benzene ring substituents is 1. The normalized spacial score (nSPS) is 12.0. The van der Waals surface area contributed by atoms with Crippen molar-refractivity contribution in [1.82, 2.24) is 5.32 Å². The number of carbonyl (C=O) groups excluding carboxylic acids is 1. The fourth-order valence-corrected chi connectivity index (χ4v) is 3.39. The second-order valence-electron chi connectivity index (χ2n) is 6.50. The molecule has 0 atom stereocenters. The Labute approximate surface area is 186 Å². The van der Waals surface area contributed by atoms with Gasteiger partial charge >= 0.3 is 6.18 Å². The molecule has 0 heterocycles. The van der Waals surface area contributed by atoms with E-state index in [0.717, 1.165) is 30.5 Å². The highest BCUT2D eigenvalue weighted by Gasteiger charge is 2.33. The van der Waals surface area contributed by atoms with E-state index in [2.05, 4.69) is 10.6 Å². The lowest BCUT2D eigenvalue weighted by Gasteiger charge is -2.09. The first-order valence-corrected chi connectivity index (χ1v) is 11.1. The van der Waals surface area contributed by atoms with Gasteiger partial charge in [0.25, 0.3) is 5.69 Å². The molecule has 13 heteroatoms. The lowest BCUT2D eigenvalue weighted by Crippen LogP contribution is -2.27. The maximum absolute atomic E-state index is 12.9. The Bertz CT molecular complexity index is 1170. The fraction of sp³-hybridized carbons (Fsp3) is 0.211. The fourth-order valence-electron chi connectivity index (χ4n) is 2.52. The van der Waals surface area contributed by atoms with E-state index in [1.807, 2.05) is 0 Å². The molecule has 172 valence electrons. The predicted molar refractivity (Wildman–Crippen MR) is 113 cm³/mol. The summed E-state index contributed by atoms with van der Waals surface area (Å²) in [7, 11) is -3.62. The molecule has 0 aliphatic heterocycles. The third-order valence-electron chi connectivity index (χ3n) is 4.06. The number of benzene rings is 2. The van der Waals surface area contributed by atoms with Crippen LogP contribution < -0.4 is 10.6 Å². The average Bonchev–Trinajstić information content (AvgIpc) is 2.68. The summed E-state index contributed by atoms with van der Waals surface area (Å²) in [6, 6.07) is 6.60. The average molecular weight is 492 g/mol. The van der Waals surface area contributed by atoms with Crippen molar-refractivity contribution in [2.45, 2.75) is 11.1 Å². The zero-order chi connectivity index (χ0) is 24.1. The molecular weight excluding hydrogens is 475 g/mol. The molecule has 8 nitrogen and oxygen atoms in total. The third-order valence-corrected chi connectivity index (χ3v) is 5.50. The minimum atomic E-state index is -4.63. The molecule has 0 bridgehead atoms. The minimum Gasteiger partial charge on any atom is -0.378 e. The van der Waals surface area contributed by atoms with E-state index in [-0.39, 0.29) is 29.2 Å². The van der Waals surface area contributed by atoms with E-state index in [9.17, 15) is 36.5 Å². The van der Waals surface area contributed by atoms with Gasteiger partial charge in [-0.25, -0.2) is 8.42 Å². The number of anilines is 1. The SMILES string of the molecule is CS(=O)(=O)c1ccc(NCCNC(=O)/C=C/c2ccc(Cl)c(C(F)(F)F)c2)c([N+](=O)[O-])c1. The van der Waals surface area contributed by atoms with E-state index in [4.69, 9.17) is 11.6 Å². The number of hydrogen-bond acceptors (Lipinski definition) is 6. The van der Waals surface area contributed by atoms with E-state index in [1.54, 1.807) is 0 Å². The highest BCUT2D eigenvalue weighted by Crippen LogP contribution is 2.35. The molecule has 2 rings (SSSR count). The summed E-state index contributed by atoms with van der Waals surface area (Å²) in [6.07, 6.45) is -1.48. The van der Waals surface area contributed by atoms with Crippen LogP contribution in [0.1, 0.15) is 11.1 Å². The number of sulfone groups is 1. The van der Waals surface area contributed by atoms with Crippen molar-refractivity contribution in [2.24, 2.45) is 0 Å². The quantitative estimate of drug-likeness (QED) is 0.250. The molecule has 0 saturated carbocycles. The molecule has 32 heavy (non-hydrogen) atoms. The van der Waals surface area contributed by atoms with Crippen molar-refractivity contribution in [3.63, 3.8) is 0 Å². The van der Waals surface area contributed by atoms with Crippen LogP contribution in [0.25, 0.3) is 6.08 Å². The van der Waals surface area contributed by atoms with Gasteiger partial charge in [0.2, 0.25) is 5.91 Å². The Hall–Kier alpha value is -3.12. The molecule has 0 spiro atoms. The monoisotopic (exact) mass is 491 g/mol. The van der Waals surface area contributed by atoms with Gasteiger partial charge in [-0.15, -0.1) is 0 Å². The van der Waals surface area contributed by atoms with Crippen LogP contribution in [0.3, 0.4) is 0 Å². The van der Waals surface area contributed by atoms with Crippen molar-refractivity contribution < 1.29 is 31.3 Å². The molecule has 0 aliphatic carbocycles. The second kappa shape index (κ2) is 10.0. The van der Waals surface area contributed by atoms with Gasteiger partial charge in [0.1, 0.15) is 5.69 Å². The first-order chi connectivity index (χ1) is 14.8. The number of amides is 1. The van der Waals surface area contributed by atoms with Gasteiger partial charge in [0.15, 0.2) is 9.84 Å². The second-order valence-corrected chi connectivity index (χ2v) is 8.92. The molecule has 0 aromatic heterocycles. The van der Waals surface area contributed by atoms with Crippen molar-refractivity contribution in [1.29, 1.82) is 0 Å². The number of nitrogens with one attached hydrogen (secondary N) is 2. The molecule has 0 fully saturated rings. The Morgan fingerprint density at radius 2 is 1.88 bits per heavy atom. The Balaban J connectivity index is 1.95. The van der Waals surface area contributed by atoms with E-state index in [1.165, 1.54) is 24.3 Å². The van der Waals surface area contributed by atoms with Crippen LogP contribution in [0.4, 0.5) is 24.5 Å². The van der Waals surface area contributed by atoms with Crippen LogP contribution in [0.15, 0.2) is 47.4 Å². The van der Waals surface area contributed by atoms with Crippen LogP contribution in [0.5, 0.6) is 0 Å². The molecule has 1 amide bonds. The Morgan fingerprint density at radius 3 is 2.47 bits per heavy atom. The molecule has 0 radical (unpaired) electrons. The number of nitrogens with zero attached hydrogens (tertiary/aromatic N) is 1. The summed E-state index contributed by atoms with van der Waals surface area (Å²) in [5.41, 5.74) is -1.28. The molecule has 2 aromatic rings. The number of alkyl halides is 3. The van der Waals surface area contributed by atoms with Crippen molar-refractivity contribution in [3.8, 4) is 0 Å². The molecule has 2 N–H and O–H groups in total. The maximum Gasteiger partial charge on any atom is 0.417 e. The van der Waals surface area contributed by atoms with Crippen LogP contribution in [-0.2, 0) is 20.8 Å². The highest BCUT2D eigenvalue weighted by atomic mass is 35.5. The third kappa shape index (κ3) is 6.95. The van der Waals surface area contributed by atoms with E-state index >= 15 is 0 Å². The number of hydrogen-bond donors (Lipinski definition) is 2. The topological polar surface area (TPSA) is 118 Å². The zero-order valence-electron chi connectivity index (χ0n) is 16.4. The lowest BCUT2D eigenvalue weighted by atomic mass is 10.1. The van der Waals surface area contributed by atoms with Gasteiger partial charge in [0.05, 0.1) is 20.4 Å². The predicted octanol–water partition coefficient (Wildman–Crippen LogP) is 3.91. The molecule has 0 aliphatic rings. The summed E-state index contributed by atoms with van der Waals surface area (Å²) in [6.45, 7) is 0.0976. The van der Waals surface area contributed by atoms with Crippen LogP contribution in [-0.4, -0.2) is 38.6 Å². The van der Waals surface area contributed by atoms with E-state index < -0.39 is 43.1 Å². The van der Waals surface area contributed by atoms with Crippen LogP contribution >= 0.6 is 11.6 Å². The van der Waals surface area contributed by atoms with Gasteiger partial charge < -0.3 is 10.6 Å². The largest absolute Gasteiger partial charge is 0.417 e. The number of halogens is 4. The van der Waals surface area contributed by atoms with Crippen molar-refractivity contribution >= 4 is 44.8 Å². The van der Waals surface area contributed by atoms with E-state index in [0.29, 0.717) is 0 Å². The number of carbonyl (C=O) groups is 1. The minimum absolute atomic E-state index is 0.0303. The zero-order valence-corrected chi connectivity index (χ0v) is 18.0. The summed E-state index contributed by atoms with van der Waals surface area (Å²) in [5, 5.41) is 15.9. The Morgan fingerprint density at radius 1 is 1.19 bits per heavy atom. The summed E-state index contributed by atoms with van der Waals surface area (Å²) >= 11 is 5.54. The van der Waals surface area contributed by atoms with Gasteiger partial charge in [-0.3, -0.25) is 14.9 Å². The molecule has 0 unspecified atom stereocenters. The van der Waals surface area contributed by atoms with Gasteiger partial charge in [-0.1, -0.05) is 17.7 Å². The first kappa shape index (κ1) is 25.1.